The van der Waals surface area contributed by atoms with Gasteiger partial charge in [-0.25, -0.2) is 0 Å². The van der Waals surface area contributed by atoms with E-state index in [9.17, 15) is 0 Å². The first-order valence-corrected chi connectivity index (χ1v) is 7.94. The number of rotatable bonds is 1. The van der Waals surface area contributed by atoms with Crippen LogP contribution in [0.25, 0.3) is 0 Å². The Hall–Kier alpha value is 1.28. The van der Waals surface area contributed by atoms with Gasteiger partial charge in [-0.05, 0) is 12.2 Å². The molecule has 0 amide bonds. The summed E-state index contributed by atoms with van der Waals surface area (Å²) < 4.78 is 0. The third-order valence-electron chi connectivity index (χ3n) is 2.90. The first-order chi connectivity index (χ1) is 8.66. The normalized spacial score (nSPS) is 34.1. The molecule has 0 saturated heterocycles. The van der Waals surface area contributed by atoms with Crippen molar-refractivity contribution in [3.05, 3.63) is 43.4 Å². The van der Waals surface area contributed by atoms with Crippen LogP contribution < -0.4 is 0 Å². The number of alkyl halides is 3. The van der Waals surface area contributed by atoms with E-state index in [1.165, 1.54) is 12.2 Å². The van der Waals surface area contributed by atoms with Gasteiger partial charge in [-0.1, -0.05) is 64.1 Å². The fourth-order valence-corrected chi connectivity index (χ4v) is 4.71. The number of allylic oxidation sites excluding steroid dienone is 8. The summed E-state index contributed by atoms with van der Waals surface area (Å²) in [5, 5.41) is -0.140. The summed E-state index contributed by atoms with van der Waals surface area (Å²) in [6, 6.07) is 0. The van der Waals surface area contributed by atoms with Crippen molar-refractivity contribution in [1.29, 1.82) is 0 Å². The lowest BCUT2D eigenvalue weighted by molar-refractivity contribution is 0.626. The molecular formula is C11H4Cl8. The van der Waals surface area contributed by atoms with Crippen molar-refractivity contribution in [3.8, 4) is 0 Å². The predicted octanol–water partition coefficient (Wildman–Crippen LogP) is 6.63. The average Bonchev–Trinajstić information content (AvgIpc) is 2.51. The topological polar surface area (TPSA) is 0 Å². The molecule has 8 heteroatoms. The summed E-state index contributed by atoms with van der Waals surface area (Å²) in [4.78, 5) is -2.89. The van der Waals surface area contributed by atoms with Gasteiger partial charge in [0.05, 0.1) is 25.5 Å². The second kappa shape index (κ2) is 5.48. The summed E-state index contributed by atoms with van der Waals surface area (Å²) in [6.07, 6.45) is 4.63. The van der Waals surface area contributed by atoms with E-state index in [0.717, 1.165) is 0 Å². The smallest absolute Gasteiger partial charge is 0.116 e. The van der Waals surface area contributed by atoms with Crippen molar-refractivity contribution < 1.29 is 0 Å². The van der Waals surface area contributed by atoms with Gasteiger partial charge in [-0.3, -0.25) is 0 Å². The molecule has 2 atom stereocenters. The van der Waals surface area contributed by atoms with Crippen molar-refractivity contribution in [2.45, 2.75) is 15.1 Å². The molecule has 0 aliphatic heterocycles. The summed E-state index contributed by atoms with van der Waals surface area (Å²) in [7, 11) is 0. The molecule has 0 N–H and O–H groups in total. The van der Waals surface area contributed by atoms with Gasteiger partial charge in [0.2, 0.25) is 0 Å². The predicted molar refractivity (Wildman–Crippen MR) is 87.3 cm³/mol. The first-order valence-electron chi connectivity index (χ1n) is 4.86. The van der Waals surface area contributed by atoms with Gasteiger partial charge in [-0.2, -0.15) is 0 Å². The minimum Gasteiger partial charge on any atom is -0.116 e. The summed E-state index contributed by atoms with van der Waals surface area (Å²) in [5.41, 5.74) is 0. The average molecular weight is 420 g/mol. The lowest BCUT2D eigenvalue weighted by atomic mass is 9.85. The van der Waals surface area contributed by atoms with E-state index >= 15 is 0 Å². The van der Waals surface area contributed by atoms with Crippen molar-refractivity contribution in [3.63, 3.8) is 0 Å². The first kappa shape index (κ1) is 16.6. The Kier molecular flexibility index (Phi) is 4.80. The van der Waals surface area contributed by atoms with Crippen LogP contribution >= 0.6 is 92.8 Å². The van der Waals surface area contributed by atoms with Gasteiger partial charge in [0, 0.05) is 5.03 Å². The van der Waals surface area contributed by atoms with Gasteiger partial charge in [-0.15, -0.1) is 34.8 Å². The standard InChI is InChI=1S/C11H4Cl8/c12-4-1-2-10(18,5(13)3-4)11(19)8(16)6(14)7(15)9(11)17/h1-3,5H. The number of hydrogen-bond donors (Lipinski definition) is 0. The molecule has 2 rings (SSSR count). The van der Waals surface area contributed by atoms with Crippen LogP contribution in [-0.4, -0.2) is 15.1 Å². The van der Waals surface area contributed by atoms with Crippen molar-refractivity contribution in [2.24, 2.45) is 0 Å². The zero-order valence-electron chi connectivity index (χ0n) is 8.83. The van der Waals surface area contributed by atoms with E-state index in [4.69, 9.17) is 92.8 Å². The molecule has 0 nitrogen and oxygen atoms in total. The van der Waals surface area contributed by atoms with Crippen LogP contribution in [0.3, 0.4) is 0 Å². The molecule has 2 aliphatic rings. The van der Waals surface area contributed by atoms with Gasteiger partial charge < -0.3 is 0 Å². The number of halogens is 8. The van der Waals surface area contributed by atoms with Gasteiger partial charge in [0.1, 0.15) is 9.75 Å². The van der Waals surface area contributed by atoms with Crippen LogP contribution in [0.5, 0.6) is 0 Å². The third kappa shape index (κ3) is 2.28. The van der Waals surface area contributed by atoms with Crippen LogP contribution in [0.15, 0.2) is 43.4 Å². The molecule has 0 aromatic rings. The maximum Gasteiger partial charge on any atom is 0.143 e. The minimum absolute atomic E-state index is 0.0301. The van der Waals surface area contributed by atoms with Crippen LogP contribution in [0.2, 0.25) is 0 Å². The maximum atomic E-state index is 6.55. The highest BCUT2D eigenvalue weighted by atomic mass is 35.5. The monoisotopic (exact) mass is 416 g/mol. The number of hydrogen-bond acceptors (Lipinski definition) is 0. The summed E-state index contributed by atoms with van der Waals surface area (Å²) in [5.74, 6) is 0. The molecule has 2 aliphatic carbocycles. The van der Waals surface area contributed by atoms with E-state index in [-0.39, 0.29) is 20.1 Å². The zero-order valence-corrected chi connectivity index (χ0v) is 14.9. The van der Waals surface area contributed by atoms with E-state index in [1.807, 2.05) is 0 Å². The summed E-state index contributed by atoms with van der Waals surface area (Å²) >= 11 is 49.5. The fraction of sp³-hybridized carbons (Fsp3) is 0.273. The molecule has 0 fully saturated rings. The van der Waals surface area contributed by atoms with E-state index in [1.54, 1.807) is 6.08 Å². The molecule has 104 valence electrons. The molecular weight excluding hydrogens is 416 g/mol. The fourth-order valence-electron chi connectivity index (χ4n) is 1.84. The lowest BCUT2D eigenvalue weighted by Crippen LogP contribution is -2.51. The van der Waals surface area contributed by atoms with Gasteiger partial charge >= 0.3 is 0 Å². The van der Waals surface area contributed by atoms with Crippen LogP contribution in [0.4, 0.5) is 0 Å². The van der Waals surface area contributed by atoms with Crippen molar-refractivity contribution in [2.75, 3.05) is 0 Å². The Bertz CT molecular complexity index is 531. The highest BCUT2D eigenvalue weighted by Crippen LogP contribution is 2.61. The molecule has 19 heavy (non-hydrogen) atoms. The Morgan fingerprint density at radius 3 is 1.79 bits per heavy atom. The van der Waals surface area contributed by atoms with Crippen molar-refractivity contribution in [1.82, 2.24) is 0 Å². The lowest BCUT2D eigenvalue weighted by Gasteiger charge is -2.41. The largest absolute Gasteiger partial charge is 0.143 e. The van der Waals surface area contributed by atoms with Crippen LogP contribution in [0, 0.1) is 0 Å². The highest BCUT2D eigenvalue weighted by Gasteiger charge is 2.60. The SMILES string of the molecule is ClC1=CC(Cl)C(Cl)(C2(Cl)C(Cl)=C(Cl)C(Cl)=C2Cl)C=C1. The molecule has 0 radical (unpaired) electrons. The molecule has 0 bridgehead atoms. The molecule has 2 unspecified atom stereocenters. The van der Waals surface area contributed by atoms with Crippen LogP contribution in [-0.2, 0) is 0 Å². The molecule has 0 heterocycles. The molecule has 0 spiro atoms. The third-order valence-corrected chi connectivity index (χ3v) is 7.35. The van der Waals surface area contributed by atoms with E-state index in [0.29, 0.717) is 5.03 Å². The second-order valence-corrected chi connectivity index (χ2v) is 7.58. The molecule has 0 aromatic heterocycles. The molecule has 0 aromatic carbocycles. The Morgan fingerprint density at radius 2 is 1.37 bits per heavy atom. The van der Waals surface area contributed by atoms with Crippen LogP contribution in [0.1, 0.15) is 0 Å². The van der Waals surface area contributed by atoms with Crippen molar-refractivity contribution >= 4 is 92.8 Å². The Labute approximate surface area is 150 Å². The Morgan fingerprint density at radius 1 is 0.895 bits per heavy atom. The van der Waals surface area contributed by atoms with Gasteiger partial charge in [0.25, 0.3) is 0 Å². The maximum absolute atomic E-state index is 6.55. The quantitative estimate of drug-likeness (QED) is 0.418. The minimum atomic E-state index is -1.54. The zero-order chi connectivity index (χ0) is 14.6. The van der Waals surface area contributed by atoms with E-state index in [2.05, 4.69) is 0 Å². The summed E-state index contributed by atoms with van der Waals surface area (Å²) in [6.45, 7) is 0. The Balaban J connectivity index is 2.63. The highest BCUT2D eigenvalue weighted by molar-refractivity contribution is 6.60. The molecule has 0 saturated carbocycles. The van der Waals surface area contributed by atoms with E-state index < -0.39 is 15.1 Å². The van der Waals surface area contributed by atoms with Gasteiger partial charge in [0.15, 0.2) is 0 Å². The second-order valence-electron chi connectivity index (χ2n) is 3.97.